The van der Waals surface area contributed by atoms with Crippen LogP contribution in [0.3, 0.4) is 0 Å². The maximum Gasteiger partial charge on any atom is 0.418 e. The number of sulfonamides is 1. The van der Waals surface area contributed by atoms with Gasteiger partial charge in [-0.25, -0.2) is 17.9 Å². The van der Waals surface area contributed by atoms with E-state index in [9.17, 15) is 31.2 Å². The van der Waals surface area contributed by atoms with E-state index in [1.807, 2.05) is 5.32 Å². The van der Waals surface area contributed by atoms with E-state index >= 15 is 0 Å². The first-order valence-corrected chi connectivity index (χ1v) is 10.8. The molecule has 0 heterocycles. The van der Waals surface area contributed by atoms with Crippen molar-refractivity contribution in [3.63, 3.8) is 0 Å². The van der Waals surface area contributed by atoms with Gasteiger partial charge in [0.1, 0.15) is 10.6 Å². The topological polar surface area (TPSA) is 120 Å². The summed E-state index contributed by atoms with van der Waals surface area (Å²) in [5, 5.41) is 2.03. The molecule has 2 N–H and O–H groups in total. The van der Waals surface area contributed by atoms with Gasteiger partial charge in [-0.3, -0.25) is 4.79 Å². The number of alkyl halides is 3. The number of benzene rings is 2. The minimum atomic E-state index is -4.69. The Kier molecular flexibility index (Phi) is 8.79. The number of hydrogen-bond donors (Lipinski definition) is 2. The molecule has 0 saturated heterocycles. The Hall–Kier alpha value is -3.16. The van der Waals surface area contributed by atoms with E-state index in [0.717, 1.165) is 24.3 Å². The molecule has 0 fully saturated rings. The number of amides is 1. The molecule has 0 atom stereocenters. The molecule has 0 aromatic heterocycles. The van der Waals surface area contributed by atoms with Gasteiger partial charge in [-0.1, -0.05) is 12.1 Å². The number of methoxy groups -OCH3 is 2. The van der Waals surface area contributed by atoms with E-state index in [1.54, 1.807) is 0 Å². The summed E-state index contributed by atoms with van der Waals surface area (Å²) in [4.78, 5) is 24.0. The highest BCUT2D eigenvalue weighted by Crippen LogP contribution is 2.34. The van der Waals surface area contributed by atoms with Gasteiger partial charge < -0.3 is 19.5 Å². The van der Waals surface area contributed by atoms with Crippen molar-refractivity contribution in [1.29, 1.82) is 0 Å². The third-order valence-corrected chi connectivity index (χ3v) is 5.61. The molecule has 2 aromatic carbocycles. The van der Waals surface area contributed by atoms with Gasteiger partial charge in [-0.15, -0.1) is 0 Å². The van der Waals surface area contributed by atoms with Crippen molar-refractivity contribution in [2.24, 2.45) is 0 Å². The number of esters is 1. The van der Waals surface area contributed by atoms with Gasteiger partial charge in [0.05, 0.1) is 30.5 Å². The van der Waals surface area contributed by atoms with Crippen molar-refractivity contribution in [1.82, 2.24) is 4.72 Å². The Morgan fingerprint density at radius 1 is 1.06 bits per heavy atom. The molecular formula is C20H21F3N2O7S. The summed E-state index contributed by atoms with van der Waals surface area (Å²) in [7, 11) is -1.44. The number of carbonyl (C=O) groups excluding carboxylic acids is 2. The molecule has 2 aromatic rings. The average molecular weight is 490 g/mol. The van der Waals surface area contributed by atoms with E-state index < -0.39 is 45.9 Å². The van der Waals surface area contributed by atoms with Crippen molar-refractivity contribution in [2.75, 3.05) is 39.3 Å². The van der Waals surface area contributed by atoms with Crippen LogP contribution in [0.1, 0.15) is 15.9 Å². The summed E-state index contributed by atoms with van der Waals surface area (Å²) in [6.07, 6.45) is -4.69. The summed E-state index contributed by atoms with van der Waals surface area (Å²) in [5.41, 5.74) is -1.77. The third-order valence-electron chi connectivity index (χ3n) is 4.13. The minimum absolute atomic E-state index is 0.0315. The molecule has 0 bridgehead atoms. The van der Waals surface area contributed by atoms with Crippen LogP contribution in [-0.2, 0) is 30.5 Å². The second-order valence-electron chi connectivity index (χ2n) is 6.42. The summed E-state index contributed by atoms with van der Waals surface area (Å²) >= 11 is 0. The smallest absolute Gasteiger partial charge is 0.418 e. The highest BCUT2D eigenvalue weighted by molar-refractivity contribution is 7.89. The van der Waals surface area contributed by atoms with E-state index in [-0.39, 0.29) is 29.4 Å². The number of hydrogen-bond acceptors (Lipinski definition) is 7. The van der Waals surface area contributed by atoms with Gasteiger partial charge in [0.2, 0.25) is 10.0 Å². The Morgan fingerprint density at radius 3 is 2.39 bits per heavy atom. The van der Waals surface area contributed by atoms with E-state index in [4.69, 9.17) is 14.2 Å². The molecule has 0 saturated carbocycles. The monoisotopic (exact) mass is 490 g/mol. The first-order valence-electron chi connectivity index (χ1n) is 9.29. The molecule has 1 amide bonds. The van der Waals surface area contributed by atoms with Gasteiger partial charge in [-0.05, 0) is 30.3 Å². The number of para-hydroxylation sites is 1. The number of carbonyl (C=O) groups is 2. The van der Waals surface area contributed by atoms with Crippen LogP contribution < -0.4 is 14.8 Å². The van der Waals surface area contributed by atoms with Gasteiger partial charge >= 0.3 is 12.1 Å². The van der Waals surface area contributed by atoms with Gasteiger partial charge in [0.25, 0.3) is 5.91 Å². The number of nitrogens with one attached hydrogen (secondary N) is 2. The summed E-state index contributed by atoms with van der Waals surface area (Å²) in [6.45, 7) is -0.822. The predicted octanol–water partition coefficient (Wildman–Crippen LogP) is 2.43. The maximum atomic E-state index is 13.0. The molecule has 13 heteroatoms. The predicted molar refractivity (Wildman–Crippen MR) is 110 cm³/mol. The lowest BCUT2D eigenvalue weighted by Gasteiger charge is -2.14. The van der Waals surface area contributed by atoms with E-state index in [1.165, 1.54) is 32.4 Å². The van der Waals surface area contributed by atoms with E-state index in [0.29, 0.717) is 0 Å². The quantitative estimate of drug-likeness (QED) is 0.388. The zero-order valence-corrected chi connectivity index (χ0v) is 18.4. The van der Waals surface area contributed by atoms with Crippen molar-refractivity contribution in [3.05, 3.63) is 53.6 Å². The van der Waals surface area contributed by atoms with Crippen LogP contribution in [-0.4, -0.2) is 54.3 Å². The Labute approximate surface area is 187 Å². The molecule has 0 aliphatic carbocycles. The van der Waals surface area contributed by atoms with Crippen LogP contribution in [0, 0.1) is 0 Å². The highest BCUT2D eigenvalue weighted by Gasteiger charge is 2.33. The van der Waals surface area contributed by atoms with Crippen LogP contribution in [0.15, 0.2) is 47.4 Å². The first-order chi connectivity index (χ1) is 15.5. The lowest BCUT2D eigenvalue weighted by atomic mass is 10.1. The fourth-order valence-corrected chi connectivity index (χ4v) is 3.82. The first kappa shape index (κ1) is 26.1. The van der Waals surface area contributed by atoms with Gasteiger partial charge in [-0.2, -0.15) is 13.2 Å². The zero-order chi connectivity index (χ0) is 24.6. The van der Waals surface area contributed by atoms with Crippen molar-refractivity contribution in [3.8, 4) is 5.75 Å². The summed E-state index contributed by atoms with van der Waals surface area (Å²) in [6, 6.07) is 7.75. The molecule has 0 aliphatic rings. The Morgan fingerprint density at radius 2 is 1.76 bits per heavy atom. The molecule has 33 heavy (non-hydrogen) atoms. The Bertz CT molecular complexity index is 1110. The fraction of sp³-hybridized carbons (Fsp3) is 0.300. The van der Waals surface area contributed by atoms with Crippen molar-refractivity contribution in [2.45, 2.75) is 11.1 Å². The Balaban J connectivity index is 2.11. The largest absolute Gasteiger partial charge is 0.495 e. The maximum absolute atomic E-state index is 13.0. The highest BCUT2D eigenvalue weighted by atomic mass is 32.2. The van der Waals surface area contributed by atoms with Crippen LogP contribution in [0.4, 0.5) is 18.9 Å². The molecule has 0 unspecified atom stereocenters. The summed E-state index contributed by atoms with van der Waals surface area (Å²) < 4.78 is 80.9. The standard InChI is InChI=1S/C20H21F3N2O7S/c1-30-10-9-24-33(28,29)17-11-13(7-8-16(17)31-2)19(27)32-12-18(26)25-15-6-4-3-5-14(15)20(21,22)23/h3-8,11,24H,9-10,12H2,1-2H3,(H,25,26). The lowest BCUT2D eigenvalue weighted by molar-refractivity contribution is -0.137. The van der Waals surface area contributed by atoms with Crippen LogP contribution in [0.25, 0.3) is 0 Å². The second-order valence-corrected chi connectivity index (χ2v) is 8.16. The van der Waals surface area contributed by atoms with Gasteiger partial charge in [0.15, 0.2) is 6.61 Å². The minimum Gasteiger partial charge on any atom is -0.495 e. The van der Waals surface area contributed by atoms with Gasteiger partial charge in [0, 0.05) is 13.7 Å². The number of ether oxygens (including phenoxy) is 3. The normalized spacial score (nSPS) is 11.7. The fourth-order valence-electron chi connectivity index (χ4n) is 2.61. The third kappa shape index (κ3) is 7.17. The average Bonchev–Trinajstić information content (AvgIpc) is 2.76. The number of anilines is 1. The number of halogens is 3. The lowest BCUT2D eigenvalue weighted by Crippen LogP contribution is -2.28. The molecular weight excluding hydrogens is 469 g/mol. The molecule has 0 aliphatic heterocycles. The number of rotatable bonds is 10. The molecule has 2 rings (SSSR count). The second kappa shape index (κ2) is 11.1. The van der Waals surface area contributed by atoms with Crippen molar-refractivity contribution < 1.29 is 45.4 Å². The summed E-state index contributed by atoms with van der Waals surface area (Å²) in [5.74, 6) is -2.12. The van der Waals surface area contributed by atoms with Crippen LogP contribution in [0.5, 0.6) is 5.75 Å². The zero-order valence-electron chi connectivity index (χ0n) is 17.6. The van der Waals surface area contributed by atoms with Crippen LogP contribution >= 0.6 is 0 Å². The van der Waals surface area contributed by atoms with Crippen LogP contribution in [0.2, 0.25) is 0 Å². The SMILES string of the molecule is COCCNS(=O)(=O)c1cc(C(=O)OCC(=O)Nc2ccccc2C(F)(F)F)ccc1OC. The molecule has 0 radical (unpaired) electrons. The molecule has 180 valence electrons. The van der Waals surface area contributed by atoms with Crippen molar-refractivity contribution >= 4 is 27.6 Å². The van der Waals surface area contributed by atoms with E-state index in [2.05, 4.69) is 4.72 Å². The molecule has 9 nitrogen and oxygen atoms in total. The molecule has 0 spiro atoms.